The second-order valence-corrected chi connectivity index (χ2v) is 10.3. The Morgan fingerprint density at radius 2 is 0.897 bits per heavy atom. The van der Waals surface area contributed by atoms with Gasteiger partial charge >= 0.3 is 0 Å². The Kier molecular flexibility index (Phi) is 5.48. The number of hydrogen-bond donors (Lipinski definition) is 0. The molecule has 0 N–H and O–H groups in total. The Bertz CT molecular complexity index is 1240. The average molecular weight is 542 g/mol. The fourth-order valence-corrected chi connectivity index (χ4v) is 6.16. The van der Waals surface area contributed by atoms with Gasteiger partial charge in [-0.15, -0.1) is 0 Å². The van der Waals surface area contributed by atoms with Gasteiger partial charge in [0, 0.05) is 29.5 Å². The number of halogens is 2. The summed E-state index contributed by atoms with van der Waals surface area (Å²) in [5, 5.41) is 2.29. The van der Waals surface area contributed by atoms with Crippen LogP contribution in [-0.4, -0.2) is 0 Å². The van der Waals surface area contributed by atoms with Gasteiger partial charge in [-0.2, -0.15) is 0 Å². The van der Waals surface area contributed by atoms with E-state index in [9.17, 15) is 0 Å². The lowest BCUT2D eigenvalue weighted by atomic mass is 10.1. The highest BCUT2D eigenvalue weighted by atomic mass is 79.9. The van der Waals surface area contributed by atoms with Crippen molar-refractivity contribution in [2.24, 2.45) is 0 Å². The van der Waals surface area contributed by atoms with Crippen LogP contribution in [0.25, 0.3) is 21.9 Å². The predicted octanol–water partition coefficient (Wildman–Crippen LogP) is 9.41. The van der Waals surface area contributed by atoms with Crippen molar-refractivity contribution >= 4 is 77.3 Å². The first-order chi connectivity index (χ1) is 14.2. The Morgan fingerprint density at radius 3 is 1.34 bits per heavy atom. The first kappa shape index (κ1) is 19.3. The smallest absolute Gasteiger partial charge is 0.149 e. The van der Waals surface area contributed by atoms with Crippen molar-refractivity contribution in [3.63, 3.8) is 0 Å². The molecule has 1 nitrogen and oxygen atoms in total. The van der Waals surface area contributed by atoms with Crippen LogP contribution in [-0.2, 0) is 0 Å². The van der Waals surface area contributed by atoms with E-state index in [2.05, 4.69) is 105 Å². The van der Waals surface area contributed by atoms with Crippen molar-refractivity contribution < 1.29 is 4.42 Å². The lowest BCUT2D eigenvalue weighted by molar-refractivity contribution is 0.652. The molecule has 0 aliphatic heterocycles. The summed E-state index contributed by atoms with van der Waals surface area (Å²) in [6.45, 7) is 0. The van der Waals surface area contributed by atoms with E-state index < -0.39 is 0 Å². The van der Waals surface area contributed by atoms with E-state index >= 15 is 0 Å². The fourth-order valence-electron chi connectivity index (χ4n) is 3.22. The highest BCUT2D eigenvalue weighted by molar-refractivity contribution is 9.10. The summed E-state index contributed by atoms with van der Waals surface area (Å²) < 4.78 is 8.64. The topological polar surface area (TPSA) is 13.1 Å². The van der Waals surface area contributed by atoms with Gasteiger partial charge in [-0.25, -0.2) is 0 Å². The van der Waals surface area contributed by atoms with Crippen molar-refractivity contribution in [2.75, 3.05) is 0 Å². The molecule has 142 valence electrons. The molecule has 0 saturated carbocycles. The van der Waals surface area contributed by atoms with E-state index in [0.717, 1.165) is 40.7 Å². The first-order valence-electron chi connectivity index (χ1n) is 9.00. The zero-order chi connectivity index (χ0) is 19.8. The quantitative estimate of drug-likeness (QED) is 0.225. The van der Waals surface area contributed by atoms with E-state index in [4.69, 9.17) is 4.42 Å². The van der Waals surface area contributed by atoms with Gasteiger partial charge in [0.05, 0.1) is 9.79 Å². The summed E-state index contributed by atoms with van der Waals surface area (Å²) in [6, 6.07) is 29.2. The molecule has 0 unspecified atom stereocenters. The molecule has 0 saturated heterocycles. The summed E-state index contributed by atoms with van der Waals surface area (Å²) in [4.78, 5) is 4.57. The Hall–Kier alpha value is -1.66. The van der Waals surface area contributed by atoms with Crippen molar-refractivity contribution in [3.8, 4) is 0 Å². The summed E-state index contributed by atoms with van der Waals surface area (Å²) in [6.07, 6.45) is 0. The standard InChI is InChI=1S/C24H14Br2OS2/c25-17-9-1-3-11-19(17)28-21-13-5-7-15-16-8-6-14-22(24(16)27-23(15)21)29-20-12-4-2-10-18(20)26/h1-14H. The molecular weight excluding hydrogens is 528 g/mol. The molecule has 0 radical (unpaired) electrons. The van der Waals surface area contributed by atoms with Crippen molar-refractivity contribution in [1.29, 1.82) is 0 Å². The Labute approximate surface area is 194 Å². The molecule has 0 bridgehead atoms. The number of furan rings is 1. The van der Waals surface area contributed by atoms with Crippen LogP contribution in [0.4, 0.5) is 0 Å². The van der Waals surface area contributed by atoms with Crippen LogP contribution in [0.2, 0.25) is 0 Å². The van der Waals surface area contributed by atoms with Crippen LogP contribution in [0.3, 0.4) is 0 Å². The third-order valence-corrected chi connectivity index (χ3v) is 8.71. The number of rotatable bonds is 4. The maximum absolute atomic E-state index is 6.47. The van der Waals surface area contributed by atoms with Crippen LogP contribution < -0.4 is 0 Å². The van der Waals surface area contributed by atoms with E-state index in [1.807, 2.05) is 12.1 Å². The molecule has 4 aromatic carbocycles. The van der Waals surface area contributed by atoms with E-state index in [-0.39, 0.29) is 0 Å². The molecule has 0 aliphatic rings. The highest BCUT2D eigenvalue weighted by Gasteiger charge is 2.16. The second kappa shape index (κ2) is 8.23. The zero-order valence-corrected chi connectivity index (χ0v) is 19.9. The molecule has 5 rings (SSSR count). The van der Waals surface area contributed by atoms with E-state index in [1.165, 1.54) is 9.79 Å². The summed E-state index contributed by atoms with van der Waals surface area (Å²) in [7, 11) is 0. The number of benzene rings is 4. The normalized spacial score (nSPS) is 11.4. The maximum Gasteiger partial charge on any atom is 0.149 e. The second-order valence-electron chi connectivity index (χ2n) is 6.43. The number of fused-ring (bicyclic) bond motifs is 3. The molecule has 1 heterocycles. The molecule has 29 heavy (non-hydrogen) atoms. The van der Waals surface area contributed by atoms with Gasteiger partial charge in [-0.05, 0) is 68.3 Å². The van der Waals surface area contributed by atoms with Crippen LogP contribution in [0.1, 0.15) is 0 Å². The predicted molar refractivity (Wildman–Crippen MR) is 130 cm³/mol. The van der Waals surface area contributed by atoms with Crippen molar-refractivity contribution in [2.45, 2.75) is 19.6 Å². The minimum atomic E-state index is 0.934. The van der Waals surface area contributed by atoms with Gasteiger partial charge in [-0.1, -0.05) is 72.1 Å². The van der Waals surface area contributed by atoms with Crippen LogP contribution in [0.5, 0.6) is 0 Å². The van der Waals surface area contributed by atoms with Gasteiger partial charge in [0.25, 0.3) is 0 Å². The Balaban J connectivity index is 1.64. The minimum absolute atomic E-state index is 0.934. The van der Waals surface area contributed by atoms with Crippen molar-refractivity contribution in [3.05, 3.63) is 93.9 Å². The van der Waals surface area contributed by atoms with E-state index in [1.54, 1.807) is 23.5 Å². The third kappa shape index (κ3) is 3.77. The monoisotopic (exact) mass is 540 g/mol. The maximum atomic E-state index is 6.47. The van der Waals surface area contributed by atoms with Crippen LogP contribution in [0.15, 0.2) is 118 Å². The molecule has 5 aromatic rings. The minimum Gasteiger partial charge on any atom is -0.454 e. The molecule has 0 fully saturated rings. The van der Waals surface area contributed by atoms with Gasteiger partial charge in [0.2, 0.25) is 0 Å². The molecule has 0 spiro atoms. The van der Waals surface area contributed by atoms with Crippen LogP contribution >= 0.6 is 55.4 Å². The SMILES string of the molecule is Brc1ccccc1Sc1cccc2c1oc1c(Sc3ccccc3Br)cccc12. The fraction of sp³-hybridized carbons (Fsp3) is 0. The Morgan fingerprint density at radius 1 is 0.483 bits per heavy atom. The van der Waals surface area contributed by atoms with Crippen LogP contribution in [0, 0.1) is 0 Å². The van der Waals surface area contributed by atoms with Gasteiger partial charge in [-0.3, -0.25) is 0 Å². The average Bonchev–Trinajstić information content (AvgIpc) is 3.12. The molecule has 5 heteroatoms. The third-order valence-electron chi connectivity index (χ3n) is 4.57. The summed E-state index contributed by atoms with van der Waals surface area (Å²) >= 11 is 10.7. The molecule has 1 aromatic heterocycles. The van der Waals surface area contributed by atoms with Gasteiger partial charge in [0.1, 0.15) is 11.2 Å². The van der Waals surface area contributed by atoms with Crippen molar-refractivity contribution in [1.82, 2.24) is 0 Å². The highest BCUT2D eigenvalue weighted by Crippen LogP contribution is 2.44. The number of para-hydroxylation sites is 2. The zero-order valence-electron chi connectivity index (χ0n) is 15.1. The molecule has 0 aliphatic carbocycles. The lowest BCUT2D eigenvalue weighted by Gasteiger charge is -2.05. The first-order valence-corrected chi connectivity index (χ1v) is 12.2. The van der Waals surface area contributed by atoms with Gasteiger partial charge in [0.15, 0.2) is 0 Å². The summed E-state index contributed by atoms with van der Waals surface area (Å²) in [5.74, 6) is 0. The molecular formula is C24H14Br2OS2. The lowest BCUT2D eigenvalue weighted by Crippen LogP contribution is -1.77. The molecule has 0 atom stereocenters. The molecule has 0 amide bonds. The van der Waals surface area contributed by atoms with E-state index in [0.29, 0.717) is 0 Å². The number of hydrogen-bond acceptors (Lipinski definition) is 3. The largest absolute Gasteiger partial charge is 0.454 e. The van der Waals surface area contributed by atoms with Gasteiger partial charge < -0.3 is 4.42 Å². The summed E-state index contributed by atoms with van der Waals surface area (Å²) in [5.41, 5.74) is 1.87.